The molecule has 1 heterocycles. The van der Waals surface area contributed by atoms with Gasteiger partial charge in [0.1, 0.15) is 11.6 Å². The number of benzene rings is 3. The molecule has 3 heteroatoms. The first-order valence-electron chi connectivity index (χ1n) is 7.94. The Morgan fingerprint density at radius 2 is 1.42 bits per heavy atom. The topological polar surface area (TPSA) is 0 Å². The minimum Gasteiger partial charge on any atom is -0.207 e. The number of halogens is 2. The van der Waals surface area contributed by atoms with E-state index >= 15 is 0 Å². The maximum Gasteiger partial charge on any atom is 0.127 e. The van der Waals surface area contributed by atoms with Crippen LogP contribution in [-0.2, 0) is 0 Å². The molecule has 24 heavy (non-hydrogen) atoms. The molecule has 0 saturated heterocycles. The first kappa shape index (κ1) is 15.4. The second kappa shape index (κ2) is 5.43. The second-order valence-electron chi connectivity index (χ2n) is 6.29. The smallest absolute Gasteiger partial charge is 0.127 e. The highest BCUT2D eigenvalue weighted by atomic mass is 31.1. The SMILES string of the molecule is Cc1cc2c(cc1F)c1cc(F)c(C)c(C)c1p2-c1ccccc1. The number of aryl methyl sites for hydroxylation is 2. The van der Waals surface area contributed by atoms with Crippen LogP contribution in [0.25, 0.3) is 26.3 Å². The van der Waals surface area contributed by atoms with Crippen molar-refractivity contribution in [3.8, 4) is 5.30 Å². The van der Waals surface area contributed by atoms with Crippen molar-refractivity contribution < 1.29 is 8.78 Å². The molecule has 0 nitrogen and oxygen atoms in total. The molecule has 3 aromatic carbocycles. The maximum atomic E-state index is 14.4. The first-order chi connectivity index (χ1) is 11.5. The first-order valence-corrected chi connectivity index (χ1v) is 9.28. The largest absolute Gasteiger partial charge is 0.207 e. The lowest BCUT2D eigenvalue weighted by Gasteiger charge is -2.08. The number of rotatable bonds is 1. The van der Waals surface area contributed by atoms with Crippen LogP contribution in [0, 0.1) is 32.4 Å². The molecule has 4 rings (SSSR count). The molecular formula is C21H17F2P. The van der Waals surface area contributed by atoms with Crippen LogP contribution in [0.3, 0.4) is 0 Å². The summed E-state index contributed by atoms with van der Waals surface area (Å²) in [7, 11) is -0.783. The molecule has 1 atom stereocenters. The third-order valence-electron chi connectivity index (χ3n) is 4.85. The summed E-state index contributed by atoms with van der Waals surface area (Å²) in [6.45, 7) is 5.58. The van der Waals surface area contributed by atoms with Crippen LogP contribution in [0.4, 0.5) is 8.78 Å². The van der Waals surface area contributed by atoms with Gasteiger partial charge in [-0.3, -0.25) is 0 Å². The molecule has 0 N–H and O–H groups in total. The van der Waals surface area contributed by atoms with Crippen molar-refractivity contribution in [1.29, 1.82) is 0 Å². The molecule has 0 bridgehead atoms. The van der Waals surface area contributed by atoms with E-state index in [2.05, 4.69) is 12.1 Å². The predicted octanol–water partition coefficient (Wildman–Crippen LogP) is 7.17. The van der Waals surface area contributed by atoms with Gasteiger partial charge in [0, 0.05) is 10.2 Å². The zero-order valence-electron chi connectivity index (χ0n) is 13.8. The molecule has 4 aromatic rings. The van der Waals surface area contributed by atoms with Gasteiger partial charge in [-0.2, -0.15) is 0 Å². The van der Waals surface area contributed by atoms with Crippen molar-refractivity contribution in [2.24, 2.45) is 0 Å². The molecule has 1 unspecified atom stereocenters. The van der Waals surface area contributed by atoms with Crippen LogP contribution >= 0.6 is 7.53 Å². The molecule has 0 fully saturated rings. The lowest BCUT2D eigenvalue weighted by atomic mass is 10.0. The van der Waals surface area contributed by atoms with Gasteiger partial charge in [0.2, 0.25) is 0 Å². The third-order valence-corrected chi connectivity index (χ3v) is 7.54. The highest BCUT2D eigenvalue weighted by molar-refractivity contribution is 7.68. The summed E-state index contributed by atoms with van der Waals surface area (Å²) in [6, 6.07) is 15.4. The quantitative estimate of drug-likeness (QED) is 0.345. The number of hydrogen-bond acceptors (Lipinski definition) is 0. The van der Waals surface area contributed by atoms with Crippen molar-refractivity contribution in [2.45, 2.75) is 20.8 Å². The van der Waals surface area contributed by atoms with Gasteiger partial charge in [-0.1, -0.05) is 37.9 Å². The monoisotopic (exact) mass is 338 g/mol. The van der Waals surface area contributed by atoms with E-state index in [0.717, 1.165) is 26.6 Å². The van der Waals surface area contributed by atoms with Crippen LogP contribution in [0.5, 0.6) is 0 Å². The Kier molecular flexibility index (Phi) is 3.47. The summed E-state index contributed by atoms with van der Waals surface area (Å²) in [5, 5.41) is 5.19. The molecule has 1 aromatic heterocycles. The average molecular weight is 338 g/mol. The van der Waals surface area contributed by atoms with Gasteiger partial charge in [0.05, 0.1) is 0 Å². The van der Waals surface area contributed by atoms with E-state index in [0.29, 0.717) is 11.1 Å². The van der Waals surface area contributed by atoms with Crippen molar-refractivity contribution in [3.63, 3.8) is 0 Å². The highest BCUT2D eigenvalue weighted by Gasteiger charge is 2.19. The Balaban J connectivity index is 2.30. The van der Waals surface area contributed by atoms with Crippen LogP contribution in [0.15, 0.2) is 48.5 Å². The van der Waals surface area contributed by atoms with Crippen LogP contribution in [-0.4, -0.2) is 0 Å². The van der Waals surface area contributed by atoms with Crippen molar-refractivity contribution in [2.75, 3.05) is 0 Å². The normalized spacial score (nSPS) is 12.3. The Morgan fingerprint density at radius 1 is 0.750 bits per heavy atom. The van der Waals surface area contributed by atoms with E-state index in [-0.39, 0.29) is 11.6 Å². The summed E-state index contributed by atoms with van der Waals surface area (Å²) in [5.41, 5.74) is 2.30. The molecule has 0 aliphatic rings. The van der Waals surface area contributed by atoms with E-state index in [9.17, 15) is 8.78 Å². The predicted molar refractivity (Wildman–Crippen MR) is 99.6 cm³/mol. The van der Waals surface area contributed by atoms with E-state index in [4.69, 9.17) is 0 Å². The lowest BCUT2D eigenvalue weighted by molar-refractivity contribution is 0.618. The van der Waals surface area contributed by atoms with E-state index in [1.54, 1.807) is 19.1 Å². The molecule has 0 aliphatic heterocycles. The summed E-state index contributed by atoms with van der Waals surface area (Å²) in [6.07, 6.45) is 0. The molecular weight excluding hydrogens is 321 g/mol. The minimum atomic E-state index is -0.783. The fraction of sp³-hybridized carbons (Fsp3) is 0.143. The van der Waals surface area contributed by atoms with Gasteiger partial charge in [-0.05, 0) is 71.7 Å². The van der Waals surface area contributed by atoms with Crippen molar-refractivity contribution in [1.82, 2.24) is 0 Å². The summed E-state index contributed by atoms with van der Waals surface area (Å²) < 4.78 is 28.5. The Hall–Kier alpha value is -2.18. The Labute approximate surface area is 140 Å². The molecule has 0 aliphatic carbocycles. The summed E-state index contributed by atoms with van der Waals surface area (Å²) in [4.78, 5) is 0. The maximum absolute atomic E-state index is 14.4. The fourth-order valence-electron chi connectivity index (χ4n) is 3.39. The molecule has 0 amide bonds. The molecule has 0 spiro atoms. The van der Waals surface area contributed by atoms with Crippen LogP contribution in [0.1, 0.15) is 16.7 Å². The van der Waals surface area contributed by atoms with E-state index in [1.807, 2.05) is 38.1 Å². The standard InChI is InChI=1S/C21H17F2P/c1-12-9-20-16(10-18(12)22)17-11-19(23)13(2)14(3)21(17)24(20)15-7-5-4-6-8-15/h4-11H,1-3H3. The second-order valence-corrected chi connectivity index (χ2v) is 8.41. The molecule has 0 radical (unpaired) electrons. The third kappa shape index (κ3) is 2.10. The van der Waals surface area contributed by atoms with Crippen LogP contribution < -0.4 is 0 Å². The van der Waals surface area contributed by atoms with Crippen molar-refractivity contribution in [3.05, 3.63) is 76.9 Å². The van der Waals surface area contributed by atoms with Gasteiger partial charge in [0.25, 0.3) is 0 Å². The van der Waals surface area contributed by atoms with E-state index < -0.39 is 7.53 Å². The zero-order chi connectivity index (χ0) is 17.0. The van der Waals surface area contributed by atoms with Gasteiger partial charge in [0.15, 0.2) is 0 Å². The Morgan fingerprint density at radius 3 is 2.12 bits per heavy atom. The number of hydrogen-bond donors (Lipinski definition) is 0. The van der Waals surface area contributed by atoms with Gasteiger partial charge < -0.3 is 0 Å². The summed E-state index contributed by atoms with van der Waals surface area (Å²) in [5.74, 6) is -0.452. The number of fused-ring (bicyclic) bond motifs is 3. The molecule has 120 valence electrons. The molecule has 0 saturated carbocycles. The fourth-order valence-corrected chi connectivity index (χ4v) is 6.31. The zero-order valence-corrected chi connectivity index (χ0v) is 14.7. The summed E-state index contributed by atoms with van der Waals surface area (Å²) >= 11 is 0. The minimum absolute atomic E-state index is 0.219. The van der Waals surface area contributed by atoms with E-state index in [1.165, 1.54) is 5.30 Å². The van der Waals surface area contributed by atoms with Gasteiger partial charge in [-0.25, -0.2) is 8.78 Å². The Bertz CT molecular complexity index is 1090. The lowest BCUT2D eigenvalue weighted by Crippen LogP contribution is -1.87. The van der Waals surface area contributed by atoms with Gasteiger partial charge >= 0.3 is 0 Å². The van der Waals surface area contributed by atoms with Crippen LogP contribution in [0.2, 0.25) is 0 Å². The average Bonchev–Trinajstić information content (AvgIpc) is 2.88. The van der Waals surface area contributed by atoms with Gasteiger partial charge in [-0.15, -0.1) is 0 Å². The van der Waals surface area contributed by atoms with Crippen molar-refractivity contribution >= 4 is 28.5 Å². The highest BCUT2D eigenvalue weighted by Crippen LogP contribution is 2.56.